The quantitative estimate of drug-likeness (QED) is 0.649. The minimum Gasteiger partial charge on any atom is -0.367 e. The molecule has 0 aliphatic heterocycles. The zero-order valence-electron chi connectivity index (χ0n) is 7.84. The van der Waals surface area contributed by atoms with Crippen molar-refractivity contribution in [3.8, 4) is 0 Å². The number of aromatic nitrogens is 1. The van der Waals surface area contributed by atoms with Crippen LogP contribution in [0.5, 0.6) is 0 Å². The Bertz CT molecular complexity index is 304. The van der Waals surface area contributed by atoms with Crippen molar-refractivity contribution < 1.29 is 0 Å². The Morgan fingerprint density at radius 2 is 2.31 bits per heavy atom. The van der Waals surface area contributed by atoms with Gasteiger partial charge in [0, 0.05) is 6.54 Å². The van der Waals surface area contributed by atoms with Gasteiger partial charge in [-0.2, -0.15) is 0 Å². The van der Waals surface area contributed by atoms with Crippen LogP contribution in [0, 0.1) is 0 Å². The second-order valence-corrected chi connectivity index (χ2v) is 3.82. The molecule has 0 atom stereocenters. The Balaban J connectivity index is 2.50. The molecule has 0 radical (unpaired) electrons. The van der Waals surface area contributed by atoms with Gasteiger partial charge in [-0.3, -0.25) is 0 Å². The van der Waals surface area contributed by atoms with Crippen molar-refractivity contribution in [3.63, 3.8) is 0 Å². The van der Waals surface area contributed by atoms with Gasteiger partial charge in [0.15, 0.2) is 0 Å². The lowest BCUT2D eigenvalue weighted by Crippen LogP contribution is -2.00. The van der Waals surface area contributed by atoms with Crippen LogP contribution in [0.25, 0.3) is 0 Å². The molecule has 70 valence electrons. The van der Waals surface area contributed by atoms with Crippen LogP contribution in [-0.2, 0) is 0 Å². The van der Waals surface area contributed by atoms with Crippen LogP contribution in [0.3, 0.4) is 0 Å². The van der Waals surface area contributed by atoms with Gasteiger partial charge in [-0.15, -0.1) is 0 Å². The third-order valence-corrected chi connectivity index (χ3v) is 1.95. The summed E-state index contributed by atoms with van der Waals surface area (Å²) in [5.74, 6) is 0.895. The zero-order valence-corrected chi connectivity index (χ0v) is 9.43. The molecule has 0 bridgehead atoms. The minimum atomic E-state index is 0.825. The van der Waals surface area contributed by atoms with Crippen LogP contribution in [-0.4, -0.2) is 11.5 Å². The van der Waals surface area contributed by atoms with Gasteiger partial charge in [0.25, 0.3) is 0 Å². The van der Waals surface area contributed by atoms with E-state index in [-0.39, 0.29) is 0 Å². The molecule has 3 heteroatoms. The largest absolute Gasteiger partial charge is 0.367 e. The number of hydrogen-bond acceptors (Lipinski definition) is 2. The molecule has 0 amide bonds. The predicted molar refractivity (Wildman–Crippen MR) is 59.9 cm³/mol. The number of hydrogen-bond donors (Lipinski definition) is 1. The second kappa shape index (κ2) is 5.02. The number of nitrogens with one attached hydrogen (secondary N) is 1. The molecule has 0 aliphatic carbocycles. The Labute approximate surface area is 87.2 Å². The fraction of sp³-hybridized carbons (Fsp3) is 0.300. The molecule has 0 spiro atoms. The van der Waals surface area contributed by atoms with Crippen molar-refractivity contribution in [3.05, 3.63) is 34.5 Å². The molecule has 1 heterocycles. The summed E-state index contributed by atoms with van der Waals surface area (Å²) in [7, 11) is 0. The van der Waals surface area contributed by atoms with E-state index in [9.17, 15) is 0 Å². The first-order valence-corrected chi connectivity index (χ1v) is 4.97. The second-order valence-electron chi connectivity index (χ2n) is 3.01. The first kappa shape index (κ1) is 10.3. The first-order chi connectivity index (χ1) is 6.18. The van der Waals surface area contributed by atoms with E-state index < -0.39 is 0 Å². The van der Waals surface area contributed by atoms with Crippen molar-refractivity contribution in [2.45, 2.75) is 13.8 Å². The van der Waals surface area contributed by atoms with Gasteiger partial charge in [-0.1, -0.05) is 17.7 Å². The number of pyridine rings is 1. The van der Waals surface area contributed by atoms with Crippen molar-refractivity contribution in [2.24, 2.45) is 0 Å². The predicted octanol–water partition coefficient (Wildman–Crippen LogP) is 3.22. The highest BCUT2D eigenvalue weighted by Crippen LogP contribution is 2.09. The normalized spacial score (nSPS) is 9.46. The zero-order chi connectivity index (χ0) is 9.68. The van der Waals surface area contributed by atoms with Crippen LogP contribution in [0.1, 0.15) is 13.8 Å². The molecule has 13 heavy (non-hydrogen) atoms. The summed E-state index contributed by atoms with van der Waals surface area (Å²) < 4.78 is 0.856. The Hall–Kier alpha value is -0.830. The van der Waals surface area contributed by atoms with Crippen LogP contribution in [0.2, 0.25) is 0 Å². The van der Waals surface area contributed by atoms with Crippen LogP contribution in [0.15, 0.2) is 34.5 Å². The van der Waals surface area contributed by atoms with E-state index in [0.717, 1.165) is 17.0 Å². The van der Waals surface area contributed by atoms with E-state index in [0.29, 0.717) is 0 Å². The molecule has 0 fully saturated rings. The lowest BCUT2D eigenvalue weighted by atomic mass is 10.3. The summed E-state index contributed by atoms with van der Waals surface area (Å²) in [6.07, 6.45) is 2.13. The number of anilines is 1. The lowest BCUT2D eigenvalue weighted by molar-refractivity contribution is 1.19. The summed E-state index contributed by atoms with van der Waals surface area (Å²) in [6, 6.07) is 5.82. The molecule has 0 saturated carbocycles. The third-order valence-electron chi connectivity index (χ3n) is 1.51. The van der Waals surface area contributed by atoms with Crippen molar-refractivity contribution in [1.29, 1.82) is 0 Å². The monoisotopic (exact) mass is 240 g/mol. The molecular weight excluding hydrogens is 228 g/mol. The maximum Gasteiger partial charge on any atom is 0.127 e. The molecule has 1 aromatic heterocycles. The SMILES string of the molecule is CC(C)=CCNc1cccc(Br)n1. The average molecular weight is 241 g/mol. The van der Waals surface area contributed by atoms with E-state index >= 15 is 0 Å². The number of rotatable bonds is 3. The lowest BCUT2D eigenvalue weighted by Gasteiger charge is -2.02. The highest BCUT2D eigenvalue weighted by molar-refractivity contribution is 9.10. The molecule has 0 unspecified atom stereocenters. The molecule has 1 aromatic rings. The third kappa shape index (κ3) is 4.08. The van der Waals surface area contributed by atoms with E-state index in [2.05, 4.69) is 46.2 Å². The minimum absolute atomic E-state index is 0.825. The van der Waals surface area contributed by atoms with Gasteiger partial charge < -0.3 is 5.32 Å². The van der Waals surface area contributed by atoms with Crippen LogP contribution in [0.4, 0.5) is 5.82 Å². The van der Waals surface area contributed by atoms with Crippen molar-refractivity contribution >= 4 is 21.7 Å². The fourth-order valence-corrected chi connectivity index (χ4v) is 1.21. The Kier molecular flexibility index (Phi) is 3.96. The summed E-state index contributed by atoms with van der Waals surface area (Å²) in [5, 5.41) is 3.20. The summed E-state index contributed by atoms with van der Waals surface area (Å²) in [4.78, 5) is 4.25. The molecular formula is C10H13BrN2. The Morgan fingerprint density at radius 1 is 1.54 bits per heavy atom. The van der Waals surface area contributed by atoms with Gasteiger partial charge in [0.1, 0.15) is 10.4 Å². The fourth-order valence-electron chi connectivity index (χ4n) is 0.866. The van der Waals surface area contributed by atoms with Gasteiger partial charge >= 0.3 is 0 Å². The summed E-state index contributed by atoms with van der Waals surface area (Å²) in [5.41, 5.74) is 1.31. The maximum absolute atomic E-state index is 4.25. The standard InChI is InChI=1S/C10H13BrN2/c1-8(2)6-7-12-10-5-3-4-9(11)13-10/h3-6H,7H2,1-2H3,(H,12,13). The van der Waals surface area contributed by atoms with E-state index in [1.165, 1.54) is 5.57 Å². The topological polar surface area (TPSA) is 24.9 Å². The highest BCUT2D eigenvalue weighted by atomic mass is 79.9. The van der Waals surface area contributed by atoms with Gasteiger partial charge in [0.2, 0.25) is 0 Å². The van der Waals surface area contributed by atoms with Gasteiger partial charge in [-0.25, -0.2) is 4.98 Å². The molecule has 0 aliphatic rings. The molecule has 0 saturated heterocycles. The smallest absolute Gasteiger partial charge is 0.127 e. The number of nitrogens with zero attached hydrogens (tertiary/aromatic N) is 1. The van der Waals surface area contributed by atoms with Gasteiger partial charge in [0.05, 0.1) is 0 Å². The van der Waals surface area contributed by atoms with E-state index in [1.807, 2.05) is 18.2 Å². The Morgan fingerprint density at radius 3 is 2.92 bits per heavy atom. The highest BCUT2D eigenvalue weighted by Gasteiger charge is 1.91. The number of halogens is 1. The van der Waals surface area contributed by atoms with Gasteiger partial charge in [-0.05, 0) is 41.9 Å². The molecule has 2 nitrogen and oxygen atoms in total. The molecule has 1 N–H and O–H groups in total. The van der Waals surface area contributed by atoms with Crippen LogP contribution >= 0.6 is 15.9 Å². The molecule has 0 aromatic carbocycles. The summed E-state index contributed by atoms with van der Waals surface area (Å²) >= 11 is 3.32. The van der Waals surface area contributed by atoms with E-state index in [1.54, 1.807) is 0 Å². The summed E-state index contributed by atoms with van der Waals surface area (Å²) in [6.45, 7) is 4.98. The number of allylic oxidation sites excluding steroid dienone is 1. The van der Waals surface area contributed by atoms with E-state index in [4.69, 9.17) is 0 Å². The van der Waals surface area contributed by atoms with Crippen molar-refractivity contribution in [1.82, 2.24) is 4.98 Å². The van der Waals surface area contributed by atoms with Crippen molar-refractivity contribution in [2.75, 3.05) is 11.9 Å². The maximum atomic E-state index is 4.25. The first-order valence-electron chi connectivity index (χ1n) is 4.18. The van der Waals surface area contributed by atoms with Crippen LogP contribution < -0.4 is 5.32 Å². The average Bonchev–Trinajstić information content (AvgIpc) is 2.03. The molecule has 1 rings (SSSR count).